The summed E-state index contributed by atoms with van der Waals surface area (Å²) in [5, 5.41) is 31.5. The molecule has 4 bridgehead atoms. The Labute approximate surface area is 485 Å². The number of anilines is 1. The first-order valence-electron chi connectivity index (χ1n) is 26.4. The van der Waals surface area contributed by atoms with Gasteiger partial charge in [-0.05, 0) is 114 Å². The Kier molecular flexibility index (Phi) is 23.6. The number of rotatable bonds is 20. The second-order valence-electron chi connectivity index (χ2n) is 21.2. The van der Waals surface area contributed by atoms with E-state index in [2.05, 4.69) is 15.8 Å². The van der Waals surface area contributed by atoms with Gasteiger partial charge in [-0.2, -0.15) is 5.10 Å². The molecule has 81 heavy (non-hydrogen) atoms. The quantitative estimate of drug-likeness (QED) is 0.0267. The first-order chi connectivity index (χ1) is 38.1. The van der Waals surface area contributed by atoms with E-state index in [1.807, 2.05) is 26.8 Å². The molecule has 4 N–H and O–H groups in total. The average Bonchev–Trinajstić information content (AvgIpc) is 3.73. The first-order valence-corrected chi connectivity index (χ1v) is 29.1. The second kappa shape index (κ2) is 29.2. The summed E-state index contributed by atoms with van der Waals surface area (Å²) < 4.78 is 28.0. The third-order valence-corrected chi connectivity index (χ3v) is 17.6. The summed E-state index contributed by atoms with van der Waals surface area (Å²) in [6.45, 7) is 12.1. The molecular formula is C56H75ClN6O16S2. The van der Waals surface area contributed by atoms with E-state index in [0.717, 1.165) is 16.7 Å². The molecule has 2 aromatic rings. The number of esters is 1. The number of nitrogens with one attached hydrogen (secondary N) is 2. The number of methoxy groups -OCH3 is 2. The molecule has 3 aliphatic rings. The fourth-order valence-corrected chi connectivity index (χ4v) is 11.8. The minimum Gasteiger partial charge on any atom is -0.495 e. The van der Waals surface area contributed by atoms with Crippen LogP contribution in [-0.2, 0) is 59.0 Å². The smallest absolute Gasteiger partial charge is 0.409 e. The summed E-state index contributed by atoms with van der Waals surface area (Å²) in [7, 11) is 8.58. The number of amides is 6. The number of allylic oxidation sites excluding steroid dienone is 3. The Balaban J connectivity index is 1.16. The van der Waals surface area contributed by atoms with Crippen LogP contribution in [0.5, 0.6) is 11.5 Å². The summed E-state index contributed by atoms with van der Waals surface area (Å²) in [4.78, 5) is 111. The number of carbonyl (C=O) groups is 8. The maximum absolute atomic E-state index is 14.3. The third-order valence-electron chi connectivity index (χ3n) is 13.9. The molecule has 0 aliphatic carbocycles. The lowest BCUT2D eigenvalue weighted by molar-refractivity contribution is -0.197. The molecule has 3 heterocycles. The highest BCUT2D eigenvalue weighted by Crippen LogP contribution is 2.40. The topological polar surface area (TPSA) is 279 Å². The van der Waals surface area contributed by atoms with E-state index in [9.17, 15) is 48.6 Å². The van der Waals surface area contributed by atoms with Crippen molar-refractivity contribution in [1.82, 2.24) is 20.7 Å². The Hall–Kier alpha value is -6.18. The fraction of sp³-hybridized carbons (Fsp3) is 0.554. The van der Waals surface area contributed by atoms with Crippen molar-refractivity contribution >= 4 is 92.2 Å². The van der Waals surface area contributed by atoms with Crippen molar-refractivity contribution in [3.63, 3.8) is 0 Å². The number of benzene rings is 2. The van der Waals surface area contributed by atoms with Crippen molar-refractivity contribution in [3.8, 4) is 11.5 Å². The van der Waals surface area contributed by atoms with Crippen LogP contribution in [0.15, 0.2) is 65.3 Å². The Bertz CT molecular complexity index is 2720. The molecule has 5 rings (SSSR count). The van der Waals surface area contributed by atoms with Gasteiger partial charge < -0.3 is 48.5 Å². The van der Waals surface area contributed by atoms with Crippen molar-refractivity contribution in [2.45, 2.75) is 153 Å². The van der Waals surface area contributed by atoms with Gasteiger partial charge in [0.05, 0.1) is 43.6 Å². The molecule has 2 fully saturated rings. The van der Waals surface area contributed by atoms with Crippen LogP contribution in [0.25, 0.3) is 0 Å². The largest absolute Gasteiger partial charge is 0.495 e. The van der Waals surface area contributed by atoms with E-state index in [0.29, 0.717) is 46.6 Å². The second-order valence-corrected chi connectivity index (χ2v) is 24.7. The van der Waals surface area contributed by atoms with Gasteiger partial charge in [0, 0.05) is 63.8 Å². The lowest BCUT2D eigenvalue weighted by Crippen LogP contribution is -2.63. The number of likely N-dealkylation sites (N-methyl/N-ethyl adjacent to an activating group) is 1. The summed E-state index contributed by atoms with van der Waals surface area (Å²) in [6, 6.07) is 9.26. The molecule has 0 spiro atoms. The van der Waals surface area contributed by atoms with Gasteiger partial charge >= 0.3 is 18.0 Å². The van der Waals surface area contributed by atoms with Crippen molar-refractivity contribution < 1.29 is 77.1 Å². The molecule has 2 saturated heterocycles. The fourth-order valence-electron chi connectivity index (χ4n) is 9.04. The Morgan fingerprint density at radius 1 is 1.04 bits per heavy atom. The number of fused-ring (bicyclic) bond motifs is 4. The molecule has 2 aromatic carbocycles. The van der Waals surface area contributed by atoms with E-state index in [-0.39, 0.29) is 62.5 Å². The van der Waals surface area contributed by atoms with Gasteiger partial charge in [-0.25, -0.2) is 19.8 Å². The van der Waals surface area contributed by atoms with E-state index >= 15 is 0 Å². The molecular weight excluding hydrogens is 1110 g/mol. The number of aliphatic hydroxyl groups is 2. The number of nitrogens with zero attached hydrogens (tertiary/aromatic N) is 4. The highest BCUT2D eigenvalue weighted by atomic mass is 35.5. The van der Waals surface area contributed by atoms with Gasteiger partial charge in [0.2, 0.25) is 17.7 Å². The lowest BCUT2D eigenvalue weighted by Gasteiger charge is -2.43. The van der Waals surface area contributed by atoms with E-state index in [1.54, 1.807) is 62.4 Å². The van der Waals surface area contributed by atoms with Crippen LogP contribution < -0.4 is 25.1 Å². The van der Waals surface area contributed by atoms with Crippen LogP contribution in [0.1, 0.15) is 117 Å². The highest BCUT2D eigenvalue weighted by molar-refractivity contribution is 8.77. The number of imide groups is 1. The number of hydrogen-bond acceptors (Lipinski definition) is 19. The minimum atomic E-state index is -1.96. The molecule has 444 valence electrons. The molecule has 6 amide bonds. The molecule has 25 heteroatoms. The van der Waals surface area contributed by atoms with Gasteiger partial charge in [-0.15, -0.1) is 5.06 Å². The Morgan fingerprint density at radius 3 is 2.37 bits per heavy atom. The standard InChI is InChI=1S/C56H75ClN6O16S2/c1-33-14-12-15-43(75-11)56(73)31-42(77-53(71)58-56)34(2)30-55(7,72)44(29-49(68)62(9)40-27-37(26-33)28-41(74-10)51(40)57)78-52(70)36(4)61(8)46(65)23-25-80-81-54(5,6)32-45(64)60-59-35(3)38-17-19-39(20-18-38)76-24-13-16-50(69)79-63-47(66)21-22-48(63)67/h12,14-15,17-20,27-28,34,36,42-44,72-73H,13,16,21-26,29-32H2,1-11H3,(H,58,71)(H,60,64)/b15-12+,33-14+,59-35+/t34-,36-,42-,43+,44-,55?,56-/m0/s1. The van der Waals surface area contributed by atoms with Crippen LogP contribution in [0.2, 0.25) is 5.02 Å². The zero-order valence-electron chi connectivity index (χ0n) is 47.7. The lowest BCUT2D eigenvalue weighted by atomic mass is 9.81. The minimum absolute atomic E-state index is 0.0167. The molecule has 0 aromatic heterocycles. The average molecular weight is 1190 g/mol. The third kappa shape index (κ3) is 18.7. The number of carbonyl (C=O) groups excluding carboxylic acids is 8. The zero-order valence-corrected chi connectivity index (χ0v) is 50.1. The highest BCUT2D eigenvalue weighted by Gasteiger charge is 2.49. The zero-order chi connectivity index (χ0) is 60.0. The molecule has 1 unspecified atom stereocenters. The van der Waals surface area contributed by atoms with Crippen molar-refractivity contribution in [2.24, 2.45) is 11.0 Å². The van der Waals surface area contributed by atoms with Gasteiger partial charge in [0.25, 0.3) is 11.8 Å². The van der Waals surface area contributed by atoms with Crippen LogP contribution in [0, 0.1) is 5.92 Å². The maximum Gasteiger partial charge on any atom is 0.409 e. The molecule has 0 radical (unpaired) electrons. The SMILES string of the molecule is COc1cc2cc(c1Cl)N(C)C(=O)C[C@H](OC(=O)[C@H](C)N(C)C(=O)CCSSC(C)(C)CC(=O)N/N=C(\C)c1ccc(OCCCC(=O)ON3C(=O)CCC3=O)cc1)C(C)(O)C[C@H](C)[C@@H]1C[C@@](O)(NC(=O)O1)[C@H](OC)/C=C/C=C(\C)C2. The van der Waals surface area contributed by atoms with Crippen LogP contribution in [0.4, 0.5) is 10.5 Å². The number of halogens is 1. The molecule has 7 atom stereocenters. The normalized spacial score (nSPS) is 24.5. The number of alkyl carbamates (subject to hydrolysis) is 1. The van der Waals surface area contributed by atoms with Crippen molar-refractivity contribution in [3.05, 3.63) is 76.3 Å². The number of hydrogen-bond donors (Lipinski definition) is 4. The molecule has 3 aliphatic heterocycles. The maximum atomic E-state index is 14.3. The van der Waals surface area contributed by atoms with Crippen LogP contribution in [-0.4, -0.2) is 155 Å². The van der Waals surface area contributed by atoms with Gasteiger partial charge in [0.1, 0.15) is 40.9 Å². The van der Waals surface area contributed by atoms with E-state index < -0.39 is 94.4 Å². The summed E-state index contributed by atoms with van der Waals surface area (Å²) in [5.41, 5.74) is 1.89. The van der Waals surface area contributed by atoms with Gasteiger partial charge in [-0.1, -0.05) is 63.9 Å². The summed E-state index contributed by atoms with van der Waals surface area (Å²) in [5.74, 6) is -3.53. The summed E-state index contributed by atoms with van der Waals surface area (Å²) >= 11 is 6.80. The van der Waals surface area contributed by atoms with E-state index in [1.165, 1.54) is 73.6 Å². The number of hydroxylamine groups is 2. The van der Waals surface area contributed by atoms with E-state index in [4.69, 9.17) is 40.1 Å². The molecule has 0 saturated carbocycles. The van der Waals surface area contributed by atoms with Gasteiger partial charge in [0.15, 0.2) is 5.72 Å². The van der Waals surface area contributed by atoms with Crippen molar-refractivity contribution in [1.29, 1.82) is 0 Å². The first kappa shape index (κ1) is 65.6. The number of hydrazone groups is 1. The monoisotopic (exact) mass is 1190 g/mol. The van der Waals surface area contributed by atoms with Gasteiger partial charge in [-0.3, -0.25) is 29.3 Å². The number of ether oxygens (including phenoxy) is 5. The van der Waals surface area contributed by atoms with Crippen LogP contribution >= 0.6 is 33.2 Å². The Morgan fingerprint density at radius 2 is 1.72 bits per heavy atom. The molecule has 22 nitrogen and oxygen atoms in total. The predicted octanol–water partition coefficient (Wildman–Crippen LogP) is 6.74. The predicted molar refractivity (Wildman–Crippen MR) is 305 cm³/mol. The van der Waals surface area contributed by atoms with Crippen molar-refractivity contribution in [2.75, 3.05) is 45.6 Å². The summed E-state index contributed by atoms with van der Waals surface area (Å²) in [6.07, 6.45) is 0.621. The van der Waals surface area contributed by atoms with Crippen LogP contribution in [0.3, 0.4) is 0 Å².